The number of carbonyl (C=O) groups excluding carboxylic acids is 2. The van der Waals surface area contributed by atoms with Crippen molar-refractivity contribution in [3.05, 3.63) is 0 Å². The van der Waals surface area contributed by atoms with Crippen molar-refractivity contribution in [2.24, 2.45) is 0 Å². The number of hydrogen-bond donors (Lipinski definition) is 1. The number of aliphatic carboxylic acids is 1. The molecule has 0 aromatic rings. The van der Waals surface area contributed by atoms with E-state index in [1.807, 2.05) is 0 Å². The third-order valence-electron chi connectivity index (χ3n) is 1.78. The number of hydrogen-bond acceptors (Lipinski definition) is 6. The first-order valence-electron chi connectivity index (χ1n) is 4.95. The lowest BCUT2D eigenvalue weighted by Crippen LogP contribution is -2.21. The van der Waals surface area contributed by atoms with Crippen LogP contribution in [0.25, 0.3) is 0 Å². The molecule has 0 spiro atoms. The van der Waals surface area contributed by atoms with Crippen molar-refractivity contribution in [2.45, 2.75) is 25.0 Å². The minimum Gasteiger partial charge on any atom is -0.481 e. The van der Waals surface area contributed by atoms with E-state index in [9.17, 15) is 14.4 Å². The molecule has 0 heterocycles. The number of esters is 1. The molecule has 0 aliphatic heterocycles. The molecule has 0 saturated heterocycles. The van der Waals surface area contributed by atoms with E-state index < -0.39 is 17.2 Å². The predicted octanol–water partition coefficient (Wildman–Crippen LogP) is 0.689. The number of rotatable bonds is 9. The number of methoxy groups -OCH3 is 1. The first kappa shape index (κ1) is 15.9. The number of carboxylic acid groups (broad SMARTS) is 1. The summed E-state index contributed by atoms with van der Waals surface area (Å²) in [5.74, 6) is -1.34. The topological polar surface area (TPSA) is 89.9 Å². The second kappa shape index (κ2) is 9.00. The van der Waals surface area contributed by atoms with Gasteiger partial charge in [-0.2, -0.15) is 0 Å². The first-order chi connectivity index (χ1) is 7.97. The van der Waals surface area contributed by atoms with Crippen LogP contribution in [0, 0.1) is 0 Å². The Kier molecular flexibility index (Phi) is 8.43. The van der Waals surface area contributed by atoms with Gasteiger partial charge in [-0.05, 0) is 6.92 Å². The highest BCUT2D eigenvalue weighted by molar-refractivity contribution is 8.00. The molecule has 0 fully saturated rings. The lowest BCUT2D eigenvalue weighted by atomic mass is 10.2. The van der Waals surface area contributed by atoms with E-state index in [-0.39, 0.29) is 31.2 Å². The fourth-order valence-corrected chi connectivity index (χ4v) is 2.01. The van der Waals surface area contributed by atoms with E-state index >= 15 is 0 Å². The van der Waals surface area contributed by atoms with Gasteiger partial charge in [0.15, 0.2) is 6.79 Å². The highest BCUT2D eigenvalue weighted by Crippen LogP contribution is 2.17. The fraction of sp³-hybridized carbons (Fsp3) is 0.700. The summed E-state index contributed by atoms with van der Waals surface area (Å²) < 4.78 is 9.21. The van der Waals surface area contributed by atoms with E-state index in [1.54, 1.807) is 0 Å². The molecule has 17 heavy (non-hydrogen) atoms. The van der Waals surface area contributed by atoms with Crippen molar-refractivity contribution in [1.82, 2.24) is 0 Å². The molecule has 1 atom stereocenters. The monoisotopic (exact) mass is 264 g/mol. The molecule has 0 amide bonds. The van der Waals surface area contributed by atoms with Crippen molar-refractivity contribution < 1.29 is 29.0 Å². The summed E-state index contributed by atoms with van der Waals surface area (Å²) in [5.41, 5.74) is 0. The highest BCUT2D eigenvalue weighted by Gasteiger charge is 2.20. The van der Waals surface area contributed by atoms with Gasteiger partial charge in [0, 0.05) is 12.9 Å². The highest BCUT2D eigenvalue weighted by atomic mass is 32.2. The van der Waals surface area contributed by atoms with Crippen LogP contribution >= 0.6 is 11.8 Å². The van der Waals surface area contributed by atoms with Gasteiger partial charge in [0.1, 0.15) is 5.78 Å². The normalized spacial score (nSPS) is 11.9. The van der Waals surface area contributed by atoms with Gasteiger partial charge >= 0.3 is 11.9 Å². The third-order valence-corrected chi connectivity index (χ3v) is 3.12. The lowest BCUT2D eigenvalue weighted by Gasteiger charge is -2.11. The summed E-state index contributed by atoms with van der Waals surface area (Å²) in [6.07, 6.45) is -0.107. The number of ketones is 1. The van der Waals surface area contributed by atoms with Crippen LogP contribution in [-0.2, 0) is 23.9 Å². The molecule has 98 valence electrons. The first-order valence-corrected chi connectivity index (χ1v) is 6.00. The molecule has 6 nitrogen and oxygen atoms in total. The fourth-order valence-electron chi connectivity index (χ4n) is 0.943. The Bertz CT molecular complexity index is 278. The molecule has 0 aliphatic carbocycles. The average molecular weight is 264 g/mol. The van der Waals surface area contributed by atoms with E-state index in [1.165, 1.54) is 14.0 Å². The number of Topliss-reactive ketones (excluding diaryl/α,β-unsaturated/α-hetero) is 1. The average Bonchev–Trinajstić information content (AvgIpc) is 2.24. The molecular weight excluding hydrogens is 248 g/mol. The standard InChI is InChI=1S/C10H16O6S/c1-7(11)8(17-4-3-9(12)13)5-10(14)16-6-15-2/h8H,3-6H2,1-2H3,(H,12,13). The van der Waals surface area contributed by atoms with Crippen LogP contribution in [-0.4, -0.2) is 47.7 Å². The van der Waals surface area contributed by atoms with Gasteiger partial charge in [0.25, 0.3) is 0 Å². The van der Waals surface area contributed by atoms with Gasteiger partial charge in [-0.3, -0.25) is 14.4 Å². The van der Waals surface area contributed by atoms with Crippen LogP contribution in [0.5, 0.6) is 0 Å². The van der Waals surface area contributed by atoms with Crippen molar-refractivity contribution >= 4 is 29.5 Å². The van der Waals surface area contributed by atoms with E-state index in [0.29, 0.717) is 0 Å². The van der Waals surface area contributed by atoms with Crippen LogP contribution in [0.2, 0.25) is 0 Å². The van der Waals surface area contributed by atoms with Crippen molar-refractivity contribution in [3.63, 3.8) is 0 Å². The summed E-state index contributed by atoms with van der Waals surface area (Å²) >= 11 is 1.15. The Hall–Kier alpha value is -1.08. The second-order valence-corrected chi connectivity index (χ2v) is 4.55. The third kappa shape index (κ3) is 8.70. The molecule has 7 heteroatoms. The molecular formula is C10H16O6S. The Morgan fingerprint density at radius 1 is 1.35 bits per heavy atom. The second-order valence-electron chi connectivity index (χ2n) is 3.24. The molecule has 0 rings (SSSR count). The van der Waals surface area contributed by atoms with E-state index in [4.69, 9.17) is 5.11 Å². The Morgan fingerprint density at radius 2 is 2.00 bits per heavy atom. The predicted molar refractivity (Wildman–Crippen MR) is 61.8 cm³/mol. The number of thioether (sulfide) groups is 1. The Morgan fingerprint density at radius 3 is 2.47 bits per heavy atom. The van der Waals surface area contributed by atoms with E-state index in [0.717, 1.165) is 11.8 Å². The zero-order chi connectivity index (χ0) is 13.3. The van der Waals surface area contributed by atoms with Crippen LogP contribution in [0.3, 0.4) is 0 Å². The van der Waals surface area contributed by atoms with Crippen molar-refractivity contribution in [2.75, 3.05) is 19.7 Å². The van der Waals surface area contributed by atoms with Gasteiger partial charge in [-0.15, -0.1) is 11.8 Å². The van der Waals surface area contributed by atoms with Crippen LogP contribution < -0.4 is 0 Å². The van der Waals surface area contributed by atoms with Crippen LogP contribution in [0.15, 0.2) is 0 Å². The van der Waals surface area contributed by atoms with Crippen molar-refractivity contribution in [3.8, 4) is 0 Å². The quantitative estimate of drug-likeness (QED) is 0.484. The molecule has 0 saturated carbocycles. The molecule has 0 aromatic carbocycles. The summed E-state index contributed by atoms with van der Waals surface area (Å²) in [6, 6.07) is 0. The van der Waals surface area contributed by atoms with Gasteiger partial charge < -0.3 is 14.6 Å². The Labute approximate surface area is 104 Å². The summed E-state index contributed by atoms with van der Waals surface area (Å²) in [5, 5.41) is 7.90. The zero-order valence-electron chi connectivity index (χ0n) is 9.80. The van der Waals surface area contributed by atoms with Gasteiger partial charge in [-0.25, -0.2) is 0 Å². The molecule has 0 aliphatic rings. The Balaban J connectivity index is 4.02. The van der Waals surface area contributed by atoms with Crippen molar-refractivity contribution in [1.29, 1.82) is 0 Å². The maximum absolute atomic E-state index is 11.2. The molecule has 0 aromatic heterocycles. The lowest BCUT2D eigenvalue weighted by molar-refractivity contribution is -0.154. The zero-order valence-corrected chi connectivity index (χ0v) is 10.6. The number of carboxylic acids is 1. The summed E-state index contributed by atoms with van der Waals surface area (Å²) in [6.45, 7) is 1.21. The van der Waals surface area contributed by atoms with Gasteiger partial charge in [-0.1, -0.05) is 0 Å². The van der Waals surface area contributed by atoms with Crippen LogP contribution in [0.1, 0.15) is 19.8 Å². The molecule has 1 unspecified atom stereocenters. The maximum Gasteiger partial charge on any atom is 0.309 e. The molecule has 1 N–H and O–H groups in total. The van der Waals surface area contributed by atoms with Gasteiger partial charge in [0.05, 0.1) is 18.1 Å². The largest absolute Gasteiger partial charge is 0.481 e. The molecule has 0 radical (unpaired) electrons. The minimum absolute atomic E-state index is 0.0401. The molecule has 0 bridgehead atoms. The summed E-state index contributed by atoms with van der Waals surface area (Å²) in [7, 11) is 1.39. The minimum atomic E-state index is -0.929. The summed E-state index contributed by atoms with van der Waals surface area (Å²) in [4.78, 5) is 32.8. The maximum atomic E-state index is 11.2. The van der Waals surface area contributed by atoms with Crippen LogP contribution in [0.4, 0.5) is 0 Å². The van der Waals surface area contributed by atoms with Gasteiger partial charge in [0.2, 0.25) is 0 Å². The van der Waals surface area contributed by atoms with E-state index in [2.05, 4.69) is 9.47 Å². The smallest absolute Gasteiger partial charge is 0.309 e. The number of ether oxygens (including phenoxy) is 2. The number of carbonyl (C=O) groups is 3. The SMILES string of the molecule is COCOC(=O)CC(SCCC(=O)O)C(C)=O.